The number of carbonyl (C=O) groups is 1. The van der Waals surface area contributed by atoms with E-state index in [4.69, 9.17) is 5.11 Å². The fourth-order valence-corrected chi connectivity index (χ4v) is 3.48. The van der Waals surface area contributed by atoms with E-state index in [0.29, 0.717) is 25.2 Å². The number of carboxylic acid groups (broad SMARTS) is 1. The first kappa shape index (κ1) is 12.3. The highest BCUT2D eigenvalue weighted by atomic mass is 16.4. The molecule has 6 nitrogen and oxygen atoms in total. The van der Waals surface area contributed by atoms with Crippen molar-refractivity contribution >= 4 is 11.9 Å². The Morgan fingerprint density at radius 3 is 2.71 bits per heavy atom. The number of anilines is 1. The summed E-state index contributed by atoms with van der Waals surface area (Å²) in [6, 6.07) is 5.64. The third-order valence-electron chi connectivity index (χ3n) is 4.47. The Morgan fingerprint density at radius 2 is 2.05 bits per heavy atom. The number of rotatable bonds is 4. The van der Waals surface area contributed by atoms with Gasteiger partial charge in [-0.3, -0.25) is 9.78 Å². The SMILES string of the molecule is O=C(O)C12CC(Nc3nccc(-c4cccnc4)n3)(C1)C2. The maximum absolute atomic E-state index is 11.1. The van der Waals surface area contributed by atoms with Crippen LogP contribution in [0.2, 0.25) is 0 Å². The molecule has 0 atom stereocenters. The van der Waals surface area contributed by atoms with Gasteiger partial charge in [0.25, 0.3) is 0 Å². The van der Waals surface area contributed by atoms with Crippen LogP contribution < -0.4 is 5.32 Å². The number of aliphatic carboxylic acids is 1. The van der Waals surface area contributed by atoms with Gasteiger partial charge in [-0.15, -0.1) is 0 Å². The van der Waals surface area contributed by atoms with Gasteiger partial charge in [-0.25, -0.2) is 9.97 Å². The zero-order chi connectivity index (χ0) is 14.5. The summed E-state index contributed by atoms with van der Waals surface area (Å²) in [4.78, 5) is 23.9. The molecule has 2 N–H and O–H groups in total. The number of nitrogens with zero attached hydrogens (tertiary/aromatic N) is 3. The van der Waals surface area contributed by atoms with E-state index in [-0.39, 0.29) is 5.54 Å². The average Bonchev–Trinajstić information content (AvgIpc) is 2.42. The molecule has 2 aromatic rings. The van der Waals surface area contributed by atoms with Gasteiger partial charge >= 0.3 is 5.97 Å². The Balaban J connectivity index is 1.52. The molecule has 0 aliphatic heterocycles. The highest BCUT2D eigenvalue weighted by molar-refractivity contribution is 5.81. The summed E-state index contributed by atoms with van der Waals surface area (Å²) >= 11 is 0. The van der Waals surface area contributed by atoms with Crippen LogP contribution >= 0.6 is 0 Å². The van der Waals surface area contributed by atoms with Crippen LogP contribution in [0, 0.1) is 5.41 Å². The minimum atomic E-state index is -0.684. The van der Waals surface area contributed by atoms with E-state index < -0.39 is 11.4 Å². The van der Waals surface area contributed by atoms with Crippen LogP contribution in [-0.2, 0) is 4.79 Å². The van der Waals surface area contributed by atoms with Crippen molar-refractivity contribution in [1.29, 1.82) is 0 Å². The van der Waals surface area contributed by atoms with E-state index >= 15 is 0 Å². The zero-order valence-electron chi connectivity index (χ0n) is 11.3. The van der Waals surface area contributed by atoms with E-state index in [1.807, 2.05) is 18.2 Å². The number of hydrogen-bond donors (Lipinski definition) is 2. The molecule has 0 aromatic carbocycles. The molecular formula is C15H14N4O2. The molecule has 2 aromatic heterocycles. The van der Waals surface area contributed by atoms with Gasteiger partial charge in [0.1, 0.15) is 0 Å². The first-order chi connectivity index (χ1) is 10.1. The van der Waals surface area contributed by atoms with Gasteiger partial charge < -0.3 is 10.4 Å². The molecule has 6 heteroatoms. The van der Waals surface area contributed by atoms with Crippen LogP contribution in [0.5, 0.6) is 0 Å². The van der Waals surface area contributed by atoms with E-state index in [0.717, 1.165) is 11.3 Å². The van der Waals surface area contributed by atoms with Gasteiger partial charge in [0, 0.05) is 29.7 Å². The van der Waals surface area contributed by atoms with Crippen LogP contribution in [0.1, 0.15) is 19.3 Å². The van der Waals surface area contributed by atoms with Gasteiger partial charge in [0.2, 0.25) is 5.95 Å². The highest BCUT2D eigenvalue weighted by Gasteiger charge is 2.72. The summed E-state index contributed by atoms with van der Waals surface area (Å²) in [5.74, 6) is -0.133. The molecular weight excluding hydrogens is 268 g/mol. The number of carboxylic acids is 1. The molecule has 0 radical (unpaired) electrons. The molecule has 3 fully saturated rings. The Kier molecular flexibility index (Phi) is 2.34. The third-order valence-corrected chi connectivity index (χ3v) is 4.47. The van der Waals surface area contributed by atoms with Crippen LogP contribution in [0.3, 0.4) is 0 Å². The Morgan fingerprint density at radius 1 is 1.24 bits per heavy atom. The molecule has 3 aliphatic carbocycles. The smallest absolute Gasteiger partial charge is 0.309 e. The number of pyridine rings is 1. The molecule has 21 heavy (non-hydrogen) atoms. The molecule has 0 spiro atoms. The monoisotopic (exact) mass is 282 g/mol. The van der Waals surface area contributed by atoms with Gasteiger partial charge in [-0.2, -0.15) is 0 Å². The van der Waals surface area contributed by atoms with Gasteiger partial charge in [0.15, 0.2) is 0 Å². The largest absolute Gasteiger partial charge is 0.481 e. The Hall–Kier alpha value is -2.50. The molecule has 2 heterocycles. The van der Waals surface area contributed by atoms with Crippen molar-refractivity contribution in [2.45, 2.75) is 24.8 Å². The molecule has 0 saturated heterocycles. The maximum atomic E-state index is 11.1. The minimum absolute atomic E-state index is 0.119. The van der Waals surface area contributed by atoms with E-state index in [9.17, 15) is 4.79 Å². The predicted molar refractivity (Wildman–Crippen MR) is 75.5 cm³/mol. The second-order valence-corrected chi connectivity index (χ2v) is 6.03. The summed E-state index contributed by atoms with van der Waals surface area (Å²) in [5.41, 5.74) is 1.13. The molecule has 106 valence electrons. The molecule has 0 amide bonds. The minimum Gasteiger partial charge on any atom is -0.481 e. The van der Waals surface area contributed by atoms with E-state index in [2.05, 4.69) is 20.3 Å². The fraction of sp³-hybridized carbons (Fsp3) is 0.333. The summed E-state index contributed by atoms with van der Waals surface area (Å²) in [5, 5.41) is 12.4. The summed E-state index contributed by atoms with van der Waals surface area (Å²) in [7, 11) is 0. The van der Waals surface area contributed by atoms with Crippen LogP contribution in [-0.4, -0.2) is 31.6 Å². The fourth-order valence-electron chi connectivity index (χ4n) is 3.48. The molecule has 3 aliphatic rings. The number of hydrogen-bond acceptors (Lipinski definition) is 5. The van der Waals surface area contributed by atoms with E-state index in [1.165, 1.54) is 0 Å². The number of nitrogens with one attached hydrogen (secondary N) is 1. The maximum Gasteiger partial charge on any atom is 0.309 e. The van der Waals surface area contributed by atoms with Gasteiger partial charge in [0.05, 0.1) is 11.1 Å². The highest BCUT2D eigenvalue weighted by Crippen LogP contribution is 2.68. The summed E-state index contributed by atoms with van der Waals surface area (Å²) < 4.78 is 0. The zero-order valence-corrected chi connectivity index (χ0v) is 11.3. The lowest BCUT2D eigenvalue weighted by atomic mass is 9.39. The van der Waals surface area contributed by atoms with Crippen molar-refractivity contribution in [3.63, 3.8) is 0 Å². The summed E-state index contributed by atoms with van der Waals surface area (Å²) in [6.45, 7) is 0. The first-order valence-corrected chi connectivity index (χ1v) is 6.86. The average molecular weight is 282 g/mol. The second-order valence-electron chi connectivity index (χ2n) is 6.03. The Labute approximate surface area is 121 Å². The van der Waals surface area contributed by atoms with Crippen LogP contribution in [0.25, 0.3) is 11.3 Å². The van der Waals surface area contributed by atoms with Crippen molar-refractivity contribution in [3.8, 4) is 11.3 Å². The molecule has 3 saturated carbocycles. The van der Waals surface area contributed by atoms with Crippen molar-refractivity contribution in [2.75, 3.05) is 5.32 Å². The van der Waals surface area contributed by atoms with Crippen molar-refractivity contribution in [2.24, 2.45) is 5.41 Å². The normalized spacial score (nSPS) is 29.1. The lowest BCUT2D eigenvalue weighted by Crippen LogP contribution is -2.73. The van der Waals surface area contributed by atoms with Crippen molar-refractivity contribution in [1.82, 2.24) is 15.0 Å². The molecule has 0 unspecified atom stereocenters. The molecule has 2 bridgehead atoms. The Bertz CT molecular complexity index is 697. The number of aromatic nitrogens is 3. The lowest BCUT2D eigenvalue weighted by molar-refractivity contribution is -0.186. The lowest BCUT2D eigenvalue weighted by Gasteiger charge is -2.67. The standard InChI is InChI=1S/C15H14N4O2/c20-12(21)14-7-15(8-14,9-14)19-13-17-5-3-11(18-13)10-2-1-4-16-6-10/h1-6H,7-9H2,(H,20,21)(H,17,18,19). The van der Waals surface area contributed by atoms with Crippen molar-refractivity contribution in [3.05, 3.63) is 36.8 Å². The van der Waals surface area contributed by atoms with Gasteiger partial charge in [-0.05, 0) is 37.5 Å². The third kappa shape index (κ3) is 1.79. The summed E-state index contributed by atoms with van der Waals surface area (Å²) in [6.07, 6.45) is 7.17. The van der Waals surface area contributed by atoms with Crippen LogP contribution in [0.4, 0.5) is 5.95 Å². The first-order valence-electron chi connectivity index (χ1n) is 6.86. The quantitative estimate of drug-likeness (QED) is 0.891. The second kappa shape index (κ2) is 4.00. The molecule has 5 rings (SSSR count). The van der Waals surface area contributed by atoms with Gasteiger partial charge in [-0.1, -0.05) is 0 Å². The van der Waals surface area contributed by atoms with Crippen molar-refractivity contribution < 1.29 is 9.90 Å². The van der Waals surface area contributed by atoms with E-state index in [1.54, 1.807) is 18.6 Å². The van der Waals surface area contributed by atoms with Crippen LogP contribution in [0.15, 0.2) is 36.8 Å². The topological polar surface area (TPSA) is 88.0 Å². The predicted octanol–water partition coefficient (Wildman–Crippen LogP) is 1.96.